The average molecular weight is 183 g/mol. The number of nitrogens with zero attached hydrogens (tertiary/aromatic N) is 3. The summed E-state index contributed by atoms with van der Waals surface area (Å²) in [6.07, 6.45) is 1.51. The van der Waals surface area contributed by atoms with E-state index in [-0.39, 0.29) is 5.91 Å². The third-order valence-electron chi connectivity index (χ3n) is 2.21. The summed E-state index contributed by atoms with van der Waals surface area (Å²) < 4.78 is 0. The number of hydrogen-bond acceptors (Lipinski definition) is 3. The van der Waals surface area contributed by atoms with E-state index in [0.717, 1.165) is 10.6 Å². The van der Waals surface area contributed by atoms with E-state index in [9.17, 15) is 4.79 Å². The van der Waals surface area contributed by atoms with Crippen molar-refractivity contribution in [2.75, 3.05) is 0 Å². The zero-order chi connectivity index (χ0) is 9.54. The van der Waals surface area contributed by atoms with Crippen LogP contribution in [0.1, 0.15) is 0 Å². The molecule has 0 fully saturated rings. The lowest BCUT2D eigenvalue weighted by atomic mass is 10.1. The summed E-state index contributed by atoms with van der Waals surface area (Å²) in [6.45, 7) is 0. The first-order valence-electron chi connectivity index (χ1n) is 4.20. The van der Waals surface area contributed by atoms with Gasteiger partial charge in [0.25, 0.3) is 5.91 Å². The van der Waals surface area contributed by atoms with Crippen LogP contribution in [-0.2, 0) is 4.79 Å². The lowest BCUT2D eigenvalue weighted by Crippen LogP contribution is -2.24. The van der Waals surface area contributed by atoms with Crippen molar-refractivity contribution < 1.29 is 4.79 Å². The third kappa shape index (κ3) is 0.821. The number of fused-ring (bicyclic) bond motifs is 2. The predicted molar refractivity (Wildman–Crippen MR) is 48.6 cm³/mol. The molecule has 0 spiro atoms. The van der Waals surface area contributed by atoms with E-state index in [1.807, 2.05) is 24.3 Å². The predicted octanol–water partition coefficient (Wildman–Crippen LogP) is 0.304. The second kappa shape index (κ2) is 2.45. The van der Waals surface area contributed by atoms with Crippen molar-refractivity contribution >= 4 is 11.5 Å². The Labute approximate surface area is 79.0 Å². The fourth-order valence-electron chi connectivity index (χ4n) is 1.61. The molecule has 0 aromatic heterocycles. The molecule has 0 saturated heterocycles. The summed E-state index contributed by atoms with van der Waals surface area (Å²) >= 11 is 0. The number of hydrogen-bond donors (Lipinski definition) is 0. The summed E-state index contributed by atoms with van der Waals surface area (Å²) in [4.78, 5) is 15.7. The van der Waals surface area contributed by atoms with E-state index in [0.29, 0.717) is 11.3 Å². The van der Waals surface area contributed by atoms with Crippen LogP contribution < -0.4 is 10.6 Å². The second-order valence-electron chi connectivity index (χ2n) is 3.04. The molecule has 0 atom stereocenters. The molecule has 1 aromatic carbocycles. The average Bonchev–Trinajstić information content (AvgIpc) is 2.57. The van der Waals surface area contributed by atoms with Gasteiger partial charge in [-0.15, -0.1) is 5.11 Å². The maximum atomic E-state index is 11.4. The minimum Gasteiger partial charge on any atom is -0.265 e. The molecule has 0 unspecified atom stereocenters. The van der Waals surface area contributed by atoms with Gasteiger partial charge in [0.05, 0.1) is 22.8 Å². The normalized spacial score (nSPS) is 17.3. The van der Waals surface area contributed by atoms with Crippen LogP contribution >= 0.6 is 0 Å². The standard InChI is InChI=1S/C10H5N3O/c14-10-9-6-3-1-2-4-7(6)12-8(9)5-11-13-10/h1-5H. The molecule has 2 aliphatic rings. The van der Waals surface area contributed by atoms with Crippen molar-refractivity contribution in [2.45, 2.75) is 0 Å². The van der Waals surface area contributed by atoms with Crippen LogP contribution in [0.2, 0.25) is 0 Å². The summed E-state index contributed by atoms with van der Waals surface area (Å²) in [5.41, 5.74) is 1.18. The summed E-state index contributed by atoms with van der Waals surface area (Å²) in [6, 6.07) is 7.51. The Hall–Kier alpha value is -2.10. The highest BCUT2D eigenvalue weighted by atomic mass is 16.1. The van der Waals surface area contributed by atoms with Crippen LogP contribution in [-0.4, -0.2) is 5.91 Å². The minimum atomic E-state index is -0.309. The molecular weight excluding hydrogens is 178 g/mol. The van der Waals surface area contributed by atoms with Crippen LogP contribution in [0.15, 0.2) is 51.4 Å². The smallest absolute Gasteiger partial charge is 0.265 e. The Morgan fingerprint density at radius 3 is 2.93 bits per heavy atom. The quantitative estimate of drug-likeness (QED) is 0.570. The summed E-state index contributed by atoms with van der Waals surface area (Å²) in [5.74, 6) is -0.309. The highest BCUT2D eigenvalue weighted by molar-refractivity contribution is 6.20. The fourth-order valence-corrected chi connectivity index (χ4v) is 1.61. The molecule has 1 aromatic rings. The van der Waals surface area contributed by atoms with Gasteiger partial charge in [-0.25, -0.2) is 4.99 Å². The lowest BCUT2D eigenvalue weighted by Gasteiger charge is -1.99. The largest absolute Gasteiger partial charge is 0.298 e. The number of carbonyl (C=O) groups is 1. The maximum absolute atomic E-state index is 11.4. The van der Waals surface area contributed by atoms with Crippen LogP contribution in [0.4, 0.5) is 0 Å². The van der Waals surface area contributed by atoms with Gasteiger partial charge in [0.2, 0.25) is 0 Å². The van der Waals surface area contributed by atoms with Crippen LogP contribution in [0, 0.1) is 0 Å². The van der Waals surface area contributed by atoms with E-state index >= 15 is 0 Å². The number of amides is 1. The molecule has 0 N–H and O–H groups in total. The number of para-hydroxylation sites is 1. The van der Waals surface area contributed by atoms with Gasteiger partial charge in [-0.3, -0.25) is 4.79 Å². The first-order chi connectivity index (χ1) is 6.86. The van der Waals surface area contributed by atoms with Crippen LogP contribution in [0.5, 0.6) is 0 Å². The number of benzene rings is 1. The first kappa shape index (κ1) is 7.32. The van der Waals surface area contributed by atoms with E-state index in [2.05, 4.69) is 15.2 Å². The second-order valence-corrected chi connectivity index (χ2v) is 3.04. The van der Waals surface area contributed by atoms with Crippen molar-refractivity contribution in [3.05, 3.63) is 46.7 Å². The zero-order valence-corrected chi connectivity index (χ0v) is 7.14. The van der Waals surface area contributed by atoms with Crippen LogP contribution in [0.3, 0.4) is 0 Å². The topological polar surface area (TPSA) is 54.1 Å². The van der Waals surface area contributed by atoms with Crippen molar-refractivity contribution in [1.82, 2.24) is 0 Å². The molecule has 0 saturated carbocycles. The van der Waals surface area contributed by atoms with Gasteiger partial charge in [0.1, 0.15) is 0 Å². The Morgan fingerprint density at radius 2 is 2.00 bits per heavy atom. The fraction of sp³-hybridized carbons (Fsp3) is 0. The van der Waals surface area contributed by atoms with Crippen molar-refractivity contribution in [3.8, 4) is 0 Å². The number of azo groups is 1. The Morgan fingerprint density at radius 1 is 1.14 bits per heavy atom. The number of rotatable bonds is 0. The van der Waals surface area contributed by atoms with Gasteiger partial charge in [0.15, 0.2) is 0 Å². The lowest BCUT2D eigenvalue weighted by molar-refractivity contribution is -0.113. The van der Waals surface area contributed by atoms with E-state index in [1.54, 1.807) is 0 Å². The van der Waals surface area contributed by atoms with E-state index in [1.165, 1.54) is 6.20 Å². The van der Waals surface area contributed by atoms with Gasteiger partial charge in [-0.05, 0) is 6.07 Å². The molecule has 2 heterocycles. The van der Waals surface area contributed by atoms with Crippen molar-refractivity contribution in [3.63, 3.8) is 0 Å². The van der Waals surface area contributed by atoms with Gasteiger partial charge >= 0.3 is 0 Å². The zero-order valence-electron chi connectivity index (χ0n) is 7.14. The van der Waals surface area contributed by atoms with Crippen LogP contribution in [0.25, 0.3) is 5.57 Å². The SMILES string of the molecule is O=C1N=NC=C2N=c3ccccc3=C12. The van der Waals surface area contributed by atoms with Gasteiger partial charge < -0.3 is 0 Å². The highest BCUT2D eigenvalue weighted by Gasteiger charge is 2.22. The molecule has 0 radical (unpaired) electrons. The molecule has 2 aliphatic heterocycles. The Kier molecular flexibility index (Phi) is 1.28. The maximum Gasteiger partial charge on any atom is 0.298 e. The van der Waals surface area contributed by atoms with E-state index in [4.69, 9.17) is 0 Å². The Balaban J connectivity index is 2.51. The summed E-state index contributed by atoms with van der Waals surface area (Å²) in [7, 11) is 0. The van der Waals surface area contributed by atoms with Gasteiger partial charge in [0, 0.05) is 5.22 Å². The number of carbonyl (C=O) groups excluding carboxylic acids is 1. The molecule has 4 heteroatoms. The monoisotopic (exact) mass is 183 g/mol. The molecule has 14 heavy (non-hydrogen) atoms. The summed E-state index contributed by atoms with van der Waals surface area (Å²) in [5, 5.41) is 8.73. The molecule has 0 bridgehead atoms. The molecule has 66 valence electrons. The Bertz CT molecular complexity index is 610. The minimum absolute atomic E-state index is 0.309. The third-order valence-corrected chi connectivity index (χ3v) is 2.21. The molecule has 1 amide bonds. The van der Waals surface area contributed by atoms with Gasteiger partial charge in [-0.2, -0.15) is 5.11 Å². The van der Waals surface area contributed by atoms with E-state index < -0.39 is 0 Å². The molecule has 0 aliphatic carbocycles. The van der Waals surface area contributed by atoms with Gasteiger partial charge in [-0.1, -0.05) is 18.2 Å². The molecule has 3 rings (SSSR count). The molecule has 4 nitrogen and oxygen atoms in total. The highest BCUT2D eigenvalue weighted by Crippen LogP contribution is 2.19. The first-order valence-corrected chi connectivity index (χ1v) is 4.20. The molecular formula is C10H5N3O. The van der Waals surface area contributed by atoms with Crippen molar-refractivity contribution in [2.24, 2.45) is 15.2 Å². The van der Waals surface area contributed by atoms with Crippen molar-refractivity contribution in [1.29, 1.82) is 0 Å².